The third kappa shape index (κ3) is 2.38. The molecule has 4 fully saturated rings. The Hall–Kier alpha value is -1.26. The number of carbonyl (C=O) groups is 2. The smallest absolute Gasteiger partial charge is 0.410 e. The van der Waals surface area contributed by atoms with Crippen LogP contribution in [0.25, 0.3) is 0 Å². The average molecular weight is 306 g/mol. The molecule has 4 atom stereocenters. The van der Waals surface area contributed by atoms with Crippen LogP contribution in [0.3, 0.4) is 0 Å². The number of carbonyl (C=O) groups excluding carboxylic acids is 2. The van der Waals surface area contributed by atoms with Crippen LogP contribution in [0.1, 0.15) is 51.4 Å². The van der Waals surface area contributed by atoms with Gasteiger partial charge in [0.1, 0.15) is 6.10 Å². The molecular formula is C17H26N2O3. The molecule has 5 heteroatoms. The number of nitrogens with zero attached hydrogens (tertiary/aromatic N) is 2. The normalized spacial score (nSPS) is 37.9. The Balaban J connectivity index is 1.44. The molecule has 22 heavy (non-hydrogen) atoms. The van der Waals surface area contributed by atoms with E-state index in [4.69, 9.17) is 4.74 Å². The molecule has 3 aliphatic heterocycles. The molecule has 0 N–H and O–H groups in total. The van der Waals surface area contributed by atoms with Crippen LogP contribution in [0, 0.1) is 11.8 Å². The van der Waals surface area contributed by atoms with Crippen molar-refractivity contribution < 1.29 is 14.3 Å². The van der Waals surface area contributed by atoms with Gasteiger partial charge in [0.2, 0.25) is 5.91 Å². The van der Waals surface area contributed by atoms with Crippen LogP contribution >= 0.6 is 0 Å². The van der Waals surface area contributed by atoms with Crippen LogP contribution < -0.4 is 0 Å². The fourth-order valence-electron chi connectivity index (χ4n) is 4.96. The second-order valence-corrected chi connectivity index (χ2v) is 7.40. The number of hydrogen-bond donors (Lipinski definition) is 0. The maximum atomic E-state index is 12.5. The summed E-state index contributed by atoms with van der Waals surface area (Å²) in [6.45, 7) is 2.56. The van der Waals surface area contributed by atoms with Crippen molar-refractivity contribution in [3.8, 4) is 0 Å². The van der Waals surface area contributed by atoms with Crippen LogP contribution in [0.2, 0.25) is 0 Å². The molecule has 0 aromatic carbocycles. The summed E-state index contributed by atoms with van der Waals surface area (Å²) in [5.74, 6) is 0.785. The molecule has 3 unspecified atom stereocenters. The molecular weight excluding hydrogens is 280 g/mol. The molecule has 1 aliphatic carbocycles. The summed E-state index contributed by atoms with van der Waals surface area (Å²) in [7, 11) is 0. The van der Waals surface area contributed by atoms with E-state index in [-0.39, 0.29) is 18.1 Å². The molecule has 122 valence electrons. The maximum absolute atomic E-state index is 12.5. The molecule has 3 heterocycles. The van der Waals surface area contributed by atoms with Gasteiger partial charge in [0.05, 0.1) is 0 Å². The van der Waals surface area contributed by atoms with Crippen LogP contribution in [0.4, 0.5) is 4.79 Å². The monoisotopic (exact) mass is 306 g/mol. The van der Waals surface area contributed by atoms with Gasteiger partial charge in [-0.2, -0.15) is 0 Å². The van der Waals surface area contributed by atoms with Crippen molar-refractivity contribution in [3.05, 3.63) is 0 Å². The standard InChI is InChI=1S/C17H26N2O3/c20-16-12-10-13(14-6-2-5-9-19(14)16)15(11-12)22-17(21)18-7-3-1-4-8-18/h12-15H,1-11H2/t12?,13?,14-,15?/m1/s1. The van der Waals surface area contributed by atoms with E-state index in [2.05, 4.69) is 4.90 Å². The Kier molecular flexibility index (Phi) is 3.74. The second kappa shape index (κ2) is 5.74. The van der Waals surface area contributed by atoms with Gasteiger partial charge in [0.15, 0.2) is 0 Å². The Bertz CT molecular complexity index is 461. The Morgan fingerprint density at radius 3 is 2.59 bits per heavy atom. The van der Waals surface area contributed by atoms with Gasteiger partial charge in [-0.15, -0.1) is 0 Å². The summed E-state index contributed by atoms with van der Waals surface area (Å²) in [5.41, 5.74) is 0. The number of ether oxygens (including phenoxy) is 1. The molecule has 2 bridgehead atoms. The van der Waals surface area contributed by atoms with E-state index in [1.54, 1.807) is 0 Å². The van der Waals surface area contributed by atoms with Gasteiger partial charge in [0.25, 0.3) is 0 Å². The lowest BCUT2D eigenvalue weighted by atomic mass is 9.84. The molecule has 0 spiro atoms. The van der Waals surface area contributed by atoms with E-state index in [9.17, 15) is 9.59 Å². The minimum Gasteiger partial charge on any atom is -0.446 e. The van der Waals surface area contributed by atoms with E-state index in [0.717, 1.165) is 58.2 Å². The number of rotatable bonds is 1. The number of hydrogen-bond acceptors (Lipinski definition) is 3. The van der Waals surface area contributed by atoms with Gasteiger partial charge >= 0.3 is 6.09 Å². The summed E-state index contributed by atoms with van der Waals surface area (Å²) in [5, 5.41) is 0. The van der Waals surface area contributed by atoms with Gasteiger partial charge in [-0.25, -0.2) is 4.79 Å². The van der Waals surface area contributed by atoms with Gasteiger partial charge in [-0.3, -0.25) is 4.79 Å². The second-order valence-electron chi connectivity index (χ2n) is 7.40. The van der Waals surface area contributed by atoms with E-state index in [1.807, 2.05) is 4.90 Å². The molecule has 0 aromatic rings. The molecule has 0 radical (unpaired) electrons. The molecule has 0 aromatic heterocycles. The van der Waals surface area contributed by atoms with E-state index in [1.165, 1.54) is 12.8 Å². The number of likely N-dealkylation sites (tertiary alicyclic amines) is 1. The maximum Gasteiger partial charge on any atom is 0.410 e. The van der Waals surface area contributed by atoms with Crippen molar-refractivity contribution in [1.82, 2.24) is 9.80 Å². The molecule has 2 amide bonds. The predicted molar refractivity (Wildman–Crippen MR) is 81.3 cm³/mol. The lowest BCUT2D eigenvalue weighted by molar-refractivity contribution is -0.143. The van der Waals surface area contributed by atoms with Crippen molar-refractivity contribution in [1.29, 1.82) is 0 Å². The van der Waals surface area contributed by atoms with Crippen LogP contribution in [-0.4, -0.2) is 53.6 Å². The summed E-state index contributed by atoms with van der Waals surface area (Å²) < 4.78 is 5.87. The van der Waals surface area contributed by atoms with Crippen molar-refractivity contribution in [2.24, 2.45) is 11.8 Å². The highest BCUT2D eigenvalue weighted by atomic mass is 16.6. The van der Waals surface area contributed by atoms with Crippen molar-refractivity contribution in [2.45, 2.75) is 63.5 Å². The van der Waals surface area contributed by atoms with E-state index < -0.39 is 0 Å². The molecule has 1 saturated carbocycles. The van der Waals surface area contributed by atoms with Gasteiger partial charge in [-0.1, -0.05) is 0 Å². The first-order chi connectivity index (χ1) is 10.7. The minimum absolute atomic E-state index is 0.0449. The fourth-order valence-corrected chi connectivity index (χ4v) is 4.96. The Morgan fingerprint density at radius 1 is 1.00 bits per heavy atom. The van der Waals surface area contributed by atoms with Crippen LogP contribution in [0.5, 0.6) is 0 Å². The summed E-state index contributed by atoms with van der Waals surface area (Å²) in [6.07, 6.45) is 8.27. The first-order valence-corrected chi connectivity index (χ1v) is 9.00. The Morgan fingerprint density at radius 2 is 1.77 bits per heavy atom. The molecule has 4 aliphatic rings. The van der Waals surface area contributed by atoms with Crippen LogP contribution in [0.15, 0.2) is 0 Å². The SMILES string of the molecule is O=C(OC1CC2CC1[C@H]1CCCCN1C2=O)N1CCCCC1. The highest BCUT2D eigenvalue weighted by molar-refractivity contribution is 5.81. The first-order valence-electron chi connectivity index (χ1n) is 9.00. The topological polar surface area (TPSA) is 49.9 Å². The summed E-state index contributed by atoms with van der Waals surface area (Å²) >= 11 is 0. The molecule has 4 rings (SSSR count). The zero-order valence-corrected chi connectivity index (χ0v) is 13.2. The highest BCUT2D eigenvalue weighted by Crippen LogP contribution is 2.45. The van der Waals surface area contributed by atoms with E-state index in [0.29, 0.717) is 17.9 Å². The summed E-state index contributed by atoms with van der Waals surface area (Å²) in [4.78, 5) is 28.9. The van der Waals surface area contributed by atoms with Crippen molar-refractivity contribution in [3.63, 3.8) is 0 Å². The lowest BCUT2D eigenvalue weighted by Gasteiger charge is -2.43. The van der Waals surface area contributed by atoms with Crippen LogP contribution in [-0.2, 0) is 9.53 Å². The van der Waals surface area contributed by atoms with Gasteiger partial charge < -0.3 is 14.5 Å². The average Bonchev–Trinajstić information content (AvgIpc) is 2.94. The van der Waals surface area contributed by atoms with Crippen molar-refractivity contribution in [2.75, 3.05) is 19.6 Å². The third-order valence-corrected chi connectivity index (χ3v) is 6.09. The first kappa shape index (κ1) is 14.3. The largest absolute Gasteiger partial charge is 0.446 e. The number of fused-ring (bicyclic) bond motifs is 4. The highest BCUT2D eigenvalue weighted by Gasteiger charge is 2.52. The van der Waals surface area contributed by atoms with Crippen molar-refractivity contribution >= 4 is 12.0 Å². The lowest BCUT2D eigenvalue weighted by Crippen LogP contribution is -2.53. The number of amides is 2. The Labute approximate surface area is 132 Å². The van der Waals surface area contributed by atoms with E-state index >= 15 is 0 Å². The summed E-state index contributed by atoms with van der Waals surface area (Å²) in [6, 6.07) is 0.319. The quantitative estimate of drug-likeness (QED) is 0.747. The third-order valence-electron chi connectivity index (χ3n) is 6.09. The number of piperidine rings is 3. The fraction of sp³-hybridized carbons (Fsp3) is 0.882. The zero-order chi connectivity index (χ0) is 15.1. The van der Waals surface area contributed by atoms with Gasteiger partial charge in [0, 0.05) is 37.5 Å². The molecule has 5 nitrogen and oxygen atoms in total. The zero-order valence-electron chi connectivity index (χ0n) is 13.2. The predicted octanol–water partition coefficient (Wildman–Crippen LogP) is 2.40. The minimum atomic E-state index is -0.146. The van der Waals surface area contributed by atoms with Gasteiger partial charge in [-0.05, 0) is 51.4 Å². The molecule has 3 saturated heterocycles.